The molecule has 0 aromatic rings. The highest BCUT2D eigenvalue weighted by atomic mass is 16.5. The Labute approximate surface area is 93.4 Å². The van der Waals surface area contributed by atoms with E-state index in [2.05, 4.69) is 45.2 Å². The van der Waals surface area contributed by atoms with E-state index in [1.165, 1.54) is 5.57 Å². The van der Waals surface area contributed by atoms with Crippen LogP contribution in [0.4, 0.5) is 0 Å². The minimum Gasteiger partial charge on any atom is -0.494 e. The molecule has 2 heteroatoms. The standard InChI is InChI=1S/C13H23NO/c1-11(10-14-13(2,3)4)9-12-7-5-6-8-15-12/h6,8-9,12,14H,5,7,10H2,1-4H3/b11-9+. The molecule has 0 fully saturated rings. The maximum Gasteiger partial charge on any atom is 0.116 e. The van der Waals surface area contributed by atoms with Crippen LogP contribution in [0.2, 0.25) is 0 Å². The molecule has 1 atom stereocenters. The highest BCUT2D eigenvalue weighted by Gasteiger charge is 2.10. The topological polar surface area (TPSA) is 21.3 Å². The third-order valence-electron chi connectivity index (χ3n) is 2.34. The lowest BCUT2D eigenvalue weighted by Gasteiger charge is -2.22. The van der Waals surface area contributed by atoms with E-state index in [1.54, 1.807) is 0 Å². The molecule has 15 heavy (non-hydrogen) atoms. The predicted molar refractivity (Wildman–Crippen MR) is 64.8 cm³/mol. The van der Waals surface area contributed by atoms with Gasteiger partial charge in [0.2, 0.25) is 0 Å². The predicted octanol–water partition coefficient (Wildman–Crippen LogP) is 3.01. The van der Waals surface area contributed by atoms with Crippen LogP contribution >= 0.6 is 0 Å². The molecule has 0 bridgehead atoms. The molecule has 0 aliphatic carbocycles. The molecule has 0 aromatic heterocycles. The summed E-state index contributed by atoms with van der Waals surface area (Å²) in [5.41, 5.74) is 1.54. The molecule has 1 rings (SSSR count). The Bertz CT molecular complexity index is 248. The van der Waals surface area contributed by atoms with E-state index < -0.39 is 0 Å². The average Bonchev–Trinajstić information content (AvgIpc) is 2.15. The van der Waals surface area contributed by atoms with Crippen molar-refractivity contribution in [2.24, 2.45) is 0 Å². The van der Waals surface area contributed by atoms with E-state index >= 15 is 0 Å². The SMILES string of the molecule is C/C(=C\C1CCC=CO1)CNC(C)(C)C. The van der Waals surface area contributed by atoms with Crippen molar-refractivity contribution in [2.45, 2.75) is 52.2 Å². The third kappa shape index (κ3) is 5.63. The van der Waals surface area contributed by atoms with Crippen molar-refractivity contribution in [1.29, 1.82) is 0 Å². The summed E-state index contributed by atoms with van der Waals surface area (Å²) in [5.74, 6) is 0. The van der Waals surface area contributed by atoms with E-state index in [9.17, 15) is 0 Å². The lowest BCUT2D eigenvalue weighted by Crippen LogP contribution is -2.36. The zero-order valence-corrected chi connectivity index (χ0v) is 10.3. The maximum absolute atomic E-state index is 5.50. The zero-order chi connectivity index (χ0) is 11.3. The first kappa shape index (κ1) is 12.3. The van der Waals surface area contributed by atoms with Gasteiger partial charge in [-0.1, -0.05) is 5.57 Å². The summed E-state index contributed by atoms with van der Waals surface area (Å²) in [4.78, 5) is 0. The van der Waals surface area contributed by atoms with Gasteiger partial charge in [0.15, 0.2) is 0 Å². The van der Waals surface area contributed by atoms with Gasteiger partial charge in [-0.15, -0.1) is 0 Å². The van der Waals surface area contributed by atoms with Crippen molar-refractivity contribution >= 4 is 0 Å². The summed E-state index contributed by atoms with van der Waals surface area (Å²) in [7, 11) is 0. The molecular weight excluding hydrogens is 186 g/mol. The fourth-order valence-electron chi connectivity index (χ4n) is 1.46. The van der Waals surface area contributed by atoms with Gasteiger partial charge in [-0.3, -0.25) is 0 Å². The van der Waals surface area contributed by atoms with Crippen LogP contribution in [-0.2, 0) is 4.74 Å². The second kappa shape index (κ2) is 5.36. The minimum atomic E-state index is 0.183. The number of hydrogen-bond acceptors (Lipinski definition) is 2. The smallest absolute Gasteiger partial charge is 0.116 e. The molecule has 0 saturated heterocycles. The Kier molecular flexibility index (Phi) is 4.40. The number of hydrogen-bond donors (Lipinski definition) is 1. The van der Waals surface area contributed by atoms with Gasteiger partial charge < -0.3 is 10.1 Å². The van der Waals surface area contributed by atoms with Crippen molar-refractivity contribution in [3.8, 4) is 0 Å². The van der Waals surface area contributed by atoms with Gasteiger partial charge in [-0.25, -0.2) is 0 Å². The molecule has 1 unspecified atom stereocenters. The molecular formula is C13H23NO. The number of ether oxygens (including phenoxy) is 1. The van der Waals surface area contributed by atoms with Crippen LogP contribution in [0.15, 0.2) is 24.0 Å². The first-order valence-electron chi connectivity index (χ1n) is 5.70. The third-order valence-corrected chi connectivity index (χ3v) is 2.34. The van der Waals surface area contributed by atoms with Crippen LogP contribution in [0.25, 0.3) is 0 Å². The van der Waals surface area contributed by atoms with Crippen LogP contribution in [0.1, 0.15) is 40.5 Å². The van der Waals surface area contributed by atoms with E-state index in [1.807, 2.05) is 6.26 Å². The van der Waals surface area contributed by atoms with Crippen molar-refractivity contribution in [3.05, 3.63) is 24.0 Å². The van der Waals surface area contributed by atoms with Gasteiger partial charge in [0.25, 0.3) is 0 Å². The average molecular weight is 209 g/mol. The van der Waals surface area contributed by atoms with E-state index in [0.717, 1.165) is 19.4 Å². The number of allylic oxidation sites excluding steroid dienone is 1. The lowest BCUT2D eigenvalue weighted by molar-refractivity contribution is 0.164. The quantitative estimate of drug-likeness (QED) is 0.721. The molecule has 0 aromatic carbocycles. The van der Waals surface area contributed by atoms with Crippen LogP contribution in [0, 0.1) is 0 Å². The van der Waals surface area contributed by atoms with Crippen LogP contribution in [0.3, 0.4) is 0 Å². The van der Waals surface area contributed by atoms with Gasteiger partial charge in [0.1, 0.15) is 6.10 Å². The fraction of sp³-hybridized carbons (Fsp3) is 0.692. The molecule has 0 radical (unpaired) electrons. The monoisotopic (exact) mass is 209 g/mol. The second-order valence-electron chi connectivity index (χ2n) is 5.24. The Morgan fingerprint density at radius 2 is 2.27 bits per heavy atom. The van der Waals surface area contributed by atoms with Crippen LogP contribution in [-0.4, -0.2) is 18.2 Å². The summed E-state index contributed by atoms with van der Waals surface area (Å²) < 4.78 is 5.50. The fourth-order valence-corrected chi connectivity index (χ4v) is 1.46. The molecule has 1 N–H and O–H groups in total. The van der Waals surface area contributed by atoms with Gasteiger partial charge in [0, 0.05) is 12.1 Å². The molecule has 1 heterocycles. The highest BCUT2D eigenvalue weighted by molar-refractivity contribution is 5.06. The maximum atomic E-state index is 5.50. The lowest BCUT2D eigenvalue weighted by atomic mass is 10.1. The molecule has 0 amide bonds. The number of rotatable bonds is 3. The largest absolute Gasteiger partial charge is 0.494 e. The molecule has 0 spiro atoms. The van der Waals surface area contributed by atoms with Crippen molar-refractivity contribution in [3.63, 3.8) is 0 Å². The first-order chi connectivity index (χ1) is 6.97. The van der Waals surface area contributed by atoms with E-state index in [-0.39, 0.29) is 11.6 Å². The highest BCUT2D eigenvalue weighted by Crippen LogP contribution is 2.13. The Morgan fingerprint density at radius 3 is 2.80 bits per heavy atom. The number of nitrogens with one attached hydrogen (secondary N) is 1. The summed E-state index contributed by atoms with van der Waals surface area (Å²) in [6.07, 6.45) is 8.62. The molecule has 86 valence electrons. The van der Waals surface area contributed by atoms with Gasteiger partial charge in [-0.05, 0) is 52.7 Å². The summed E-state index contributed by atoms with van der Waals surface area (Å²) in [6, 6.07) is 0. The molecule has 1 aliphatic rings. The van der Waals surface area contributed by atoms with Crippen molar-refractivity contribution in [1.82, 2.24) is 5.32 Å². The van der Waals surface area contributed by atoms with Gasteiger partial charge in [0.05, 0.1) is 6.26 Å². The second-order valence-corrected chi connectivity index (χ2v) is 5.24. The molecule has 2 nitrogen and oxygen atoms in total. The zero-order valence-electron chi connectivity index (χ0n) is 10.3. The Morgan fingerprint density at radius 1 is 1.53 bits per heavy atom. The Balaban J connectivity index is 2.35. The van der Waals surface area contributed by atoms with Crippen LogP contribution in [0.5, 0.6) is 0 Å². The van der Waals surface area contributed by atoms with Crippen molar-refractivity contribution < 1.29 is 4.74 Å². The van der Waals surface area contributed by atoms with Gasteiger partial charge in [-0.2, -0.15) is 0 Å². The summed E-state index contributed by atoms with van der Waals surface area (Å²) in [6.45, 7) is 9.63. The van der Waals surface area contributed by atoms with Crippen LogP contribution < -0.4 is 5.32 Å². The first-order valence-corrected chi connectivity index (χ1v) is 5.70. The van der Waals surface area contributed by atoms with Gasteiger partial charge >= 0.3 is 0 Å². The normalized spacial score (nSPS) is 22.7. The van der Waals surface area contributed by atoms with Crippen molar-refractivity contribution in [2.75, 3.05) is 6.54 Å². The molecule has 1 aliphatic heterocycles. The van der Waals surface area contributed by atoms with E-state index in [0.29, 0.717) is 0 Å². The summed E-state index contributed by atoms with van der Waals surface area (Å²) >= 11 is 0. The van der Waals surface area contributed by atoms with E-state index in [4.69, 9.17) is 4.74 Å². The summed E-state index contributed by atoms with van der Waals surface area (Å²) in [5, 5.41) is 3.47. The molecule has 0 saturated carbocycles. The minimum absolute atomic E-state index is 0.183. The Hall–Kier alpha value is -0.760.